The van der Waals surface area contributed by atoms with Gasteiger partial charge in [-0.25, -0.2) is 18.2 Å². The average Bonchev–Trinajstić information content (AvgIpc) is 3.19. The van der Waals surface area contributed by atoms with Crippen LogP contribution in [0.2, 0.25) is 5.02 Å². The van der Waals surface area contributed by atoms with Crippen LogP contribution >= 0.6 is 11.6 Å². The van der Waals surface area contributed by atoms with Crippen LogP contribution in [0.1, 0.15) is 61.9 Å². The molecule has 0 bridgehead atoms. The van der Waals surface area contributed by atoms with E-state index in [0.717, 1.165) is 29.0 Å². The Hall–Kier alpha value is -3.16. The third-order valence-corrected chi connectivity index (χ3v) is 7.28. The number of anilines is 1. The number of pyridine rings is 1. The maximum atomic E-state index is 13.7. The first-order valence-electron chi connectivity index (χ1n) is 11.8. The molecule has 2 aromatic heterocycles. The molecule has 0 saturated carbocycles. The fraction of sp³-hybridized carbons (Fsp3) is 0.440. The van der Waals surface area contributed by atoms with Gasteiger partial charge in [0.1, 0.15) is 22.9 Å². The molecule has 0 amide bonds. The van der Waals surface area contributed by atoms with Gasteiger partial charge < -0.3 is 4.90 Å². The Balaban J connectivity index is 1.44. The first-order chi connectivity index (χ1) is 17.2. The largest absolute Gasteiger partial charge is 0.357 e. The minimum Gasteiger partial charge on any atom is -0.357 e. The Labute approximate surface area is 212 Å². The molecule has 7 nitrogen and oxygen atoms in total. The number of halogens is 4. The zero-order chi connectivity index (χ0) is 25.6. The van der Waals surface area contributed by atoms with Gasteiger partial charge in [0.25, 0.3) is 6.43 Å². The van der Waals surface area contributed by atoms with Crippen molar-refractivity contribution < 1.29 is 13.2 Å². The SMILES string of the molecule is CC(C)(C#N)N1Cc2cc(Cl)ccc2-n2c(nnc2C2CCN(c3ccc(F)c(C(F)F)n3)CC2)C1. The average molecular weight is 516 g/mol. The van der Waals surface area contributed by atoms with Crippen molar-refractivity contribution in [3.05, 3.63) is 64.1 Å². The van der Waals surface area contributed by atoms with Crippen LogP contribution in [0, 0.1) is 17.1 Å². The Kier molecular flexibility index (Phi) is 6.39. The number of benzene rings is 1. The molecule has 0 unspecified atom stereocenters. The van der Waals surface area contributed by atoms with E-state index in [1.165, 1.54) is 6.07 Å². The lowest BCUT2D eigenvalue weighted by Crippen LogP contribution is -2.41. The summed E-state index contributed by atoms with van der Waals surface area (Å²) in [7, 11) is 0. The number of hydrogen-bond acceptors (Lipinski definition) is 6. The van der Waals surface area contributed by atoms with Crippen LogP contribution in [0.15, 0.2) is 30.3 Å². The molecule has 0 aliphatic carbocycles. The minimum absolute atomic E-state index is 0.0802. The number of aromatic nitrogens is 4. The van der Waals surface area contributed by atoms with E-state index in [1.807, 2.05) is 36.9 Å². The monoisotopic (exact) mass is 515 g/mol. The molecular weight excluding hydrogens is 491 g/mol. The molecule has 188 valence electrons. The number of nitriles is 1. The molecule has 1 fully saturated rings. The maximum absolute atomic E-state index is 13.7. The van der Waals surface area contributed by atoms with Gasteiger partial charge in [0.15, 0.2) is 11.6 Å². The molecule has 0 spiro atoms. The van der Waals surface area contributed by atoms with Gasteiger partial charge in [0.2, 0.25) is 0 Å². The van der Waals surface area contributed by atoms with Gasteiger partial charge in [-0.1, -0.05) is 11.6 Å². The summed E-state index contributed by atoms with van der Waals surface area (Å²) in [5, 5.41) is 19.4. The molecule has 0 N–H and O–H groups in total. The van der Waals surface area contributed by atoms with Crippen molar-refractivity contribution in [1.29, 1.82) is 5.26 Å². The molecular formula is C25H25ClF3N7. The second-order valence-corrected chi connectivity index (χ2v) is 10.1. The number of nitrogens with zero attached hydrogens (tertiary/aromatic N) is 7. The van der Waals surface area contributed by atoms with E-state index in [-0.39, 0.29) is 5.92 Å². The number of rotatable bonds is 4. The van der Waals surface area contributed by atoms with Gasteiger partial charge in [-0.05, 0) is 62.6 Å². The van der Waals surface area contributed by atoms with Crippen molar-refractivity contribution >= 4 is 17.4 Å². The summed E-state index contributed by atoms with van der Waals surface area (Å²) in [4.78, 5) is 7.82. The van der Waals surface area contributed by atoms with Gasteiger partial charge in [-0.3, -0.25) is 9.47 Å². The molecule has 5 rings (SSSR count). The Morgan fingerprint density at radius 1 is 1.11 bits per heavy atom. The number of piperidine rings is 1. The number of fused-ring (bicyclic) bond motifs is 3. The van der Waals surface area contributed by atoms with Crippen LogP contribution in [0.3, 0.4) is 0 Å². The van der Waals surface area contributed by atoms with Crippen molar-refractivity contribution in [2.24, 2.45) is 0 Å². The van der Waals surface area contributed by atoms with Crippen molar-refractivity contribution in [1.82, 2.24) is 24.6 Å². The third-order valence-electron chi connectivity index (χ3n) is 7.04. The Morgan fingerprint density at radius 3 is 2.56 bits per heavy atom. The molecule has 11 heteroatoms. The predicted molar refractivity (Wildman–Crippen MR) is 129 cm³/mol. The summed E-state index contributed by atoms with van der Waals surface area (Å²) in [6, 6.07) is 10.6. The summed E-state index contributed by atoms with van der Waals surface area (Å²) >= 11 is 6.32. The highest BCUT2D eigenvalue weighted by molar-refractivity contribution is 6.30. The fourth-order valence-electron chi connectivity index (χ4n) is 4.90. The lowest BCUT2D eigenvalue weighted by atomic mass is 9.95. The van der Waals surface area contributed by atoms with Gasteiger partial charge in [0, 0.05) is 30.6 Å². The van der Waals surface area contributed by atoms with Crippen LogP contribution in [-0.4, -0.2) is 43.3 Å². The predicted octanol–water partition coefficient (Wildman–Crippen LogP) is 5.39. The zero-order valence-corrected chi connectivity index (χ0v) is 20.7. The van der Waals surface area contributed by atoms with Crippen molar-refractivity contribution in [2.45, 2.75) is 57.7 Å². The van der Waals surface area contributed by atoms with Crippen LogP contribution in [0.25, 0.3) is 5.69 Å². The normalized spacial score (nSPS) is 17.0. The Bertz CT molecular complexity index is 1330. The second kappa shape index (κ2) is 9.37. The second-order valence-electron chi connectivity index (χ2n) is 9.71. The summed E-state index contributed by atoms with van der Waals surface area (Å²) in [6.45, 7) is 5.88. The van der Waals surface area contributed by atoms with Gasteiger partial charge >= 0.3 is 0 Å². The molecule has 4 heterocycles. The molecule has 0 atom stereocenters. The molecule has 1 saturated heterocycles. The quantitative estimate of drug-likeness (QED) is 0.463. The fourth-order valence-corrected chi connectivity index (χ4v) is 5.09. The molecule has 3 aromatic rings. The van der Waals surface area contributed by atoms with Gasteiger partial charge in [0.05, 0.1) is 18.3 Å². The lowest BCUT2D eigenvalue weighted by Gasteiger charge is -2.32. The Morgan fingerprint density at radius 2 is 1.86 bits per heavy atom. The first kappa shape index (κ1) is 24.5. The van der Waals surface area contributed by atoms with Crippen molar-refractivity contribution in [3.8, 4) is 11.8 Å². The maximum Gasteiger partial charge on any atom is 0.283 e. The molecule has 0 radical (unpaired) electrons. The van der Waals surface area contributed by atoms with Gasteiger partial charge in [-0.2, -0.15) is 5.26 Å². The molecule has 36 heavy (non-hydrogen) atoms. The molecule has 1 aromatic carbocycles. The van der Waals surface area contributed by atoms with Crippen LogP contribution < -0.4 is 4.90 Å². The van der Waals surface area contributed by atoms with E-state index in [4.69, 9.17) is 11.6 Å². The minimum atomic E-state index is -2.96. The standard InChI is InChI=1S/C25H25ClF3N7/c1-25(2,14-30)35-12-16-11-17(26)3-5-19(16)36-21(13-35)32-33-24(36)15-7-9-34(10-8-15)20-6-4-18(27)22(31-20)23(28)29/h3-6,11,15,23H,7-10,12-13H2,1-2H3. The molecule has 2 aliphatic rings. The molecule has 2 aliphatic heterocycles. The van der Waals surface area contributed by atoms with Crippen LogP contribution in [-0.2, 0) is 13.1 Å². The lowest BCUT2D eigenvalue weighted by molar-refractivity contribution is 0.140. The highest BCUT2D eigenvalue weighted by Gasteiger charge is 2.35. The summed E-state index contributed by atoms with van der Waals surface area (Å²) < 4.78 is 42.0. The summed E-state index contributed by atoms with van der Waals surface area (Å²) in [5.74, 6) is 1.00. The van der Waals surface area contributed by atoms with Crippen LogP contribution in [0.4, 0.5) is 19.0 Å². The summed E-state index contributed by atoms with van der Waals surface area (Å²) in [6.07, 6.45) is -1.55. The van der Waals surface area contributed by atoms with E-state index in [2.05, 4.69) is 30.7 Å². The summed E-state index contributed by atoms with van der Waals surface area (Å²) in [5.41, 5.74) is 0.385. The van der Waals surface area contributed by atoms with Gasteiger partial charge in [-0.15, -0.1) is 10.2 Å². The number of hydrogen-bond donors (Lipinski definition) is 0. The third kappa shape index (κ3) is 4.42. The first-order valence-corrected chi connectivity index (χ1v) is 12.1. The van der Waals surface area contributed by atoms with E-state index < -0.39 is 23.5 Å². The van der Waals surface area contributed by atoms with E-state index in [1.54, 1.807) is 0 Å². The van der Waals surface area contributed by atoms with Crippen molar-refractivity contribution in [3.63, 3.8) is 0 Å². The highest BCUT2D eigenvalue weighted by Crippen LogP contribution is 2.36. The van der Waals surface area contributed by atoms with Crippen LogP contribution in [0.5, 0.6) is 0 Å². The van der Waals surface area contributed by atoms with E-state index >= 15 is 0 Å². The highest BCUT2D eigenvalue weighted by atomic mass is 35.5. The van der Waals surface area contributed by atoms with Crippen molar-refractivity contribution in [2.75, 3.05) is 18.0 Å². The smallest absolute Gasteiger partial charge is 0.283 e. The zero-order valence-electron chi connectivity index (χ0n) is 19.9. The number of alkyl halides is 2. The topological polar surface area (TPSA) is 73.9 Å². The van der Waals surface area contributed by atoms with E-state index in [0.29, 0.717) is 49.9 Å². The van der Waals surface area contributed by atoms with E-state index in [9.17, 15) is 18.4 Å².